The third kappa shape index (κ3) is 3.03. The van der Waals surface area contributed by atoms with E-state index in [1.165, 1.54) is 36.5 Å². The van der Waals surface area contributed by atoms with E-state index in [0.29, 0.717) is 0 Å². The lowest BCUT2D eigenvalue weighted by Gasteiger charge is -2.16. The van der Waals surface area contributed by atoms with Crippen molar-refractivity contribution in [3.05, 3.63) is 46.9 Å². The molecule has 18 heavy (non-hydrogen) atoms. The number of anilines is 1. The molecule has 2 aromatic rings. The molecule has 4 heteroatoms. The Morgan fingerprint density at radius 3 is 2.44 bits per heavy atom. The summed E-state index contributed by atoms with van der Waals surface area (Å²) in [6.07, 6.45) is 7.05. The van der Waals surface area contributed by atoms with E-state index < -0.39 is 0 Å². The van der Waals surface area contributed by atoms with E-state index in [9.17, 15) is 0 Å². The molecular weight excluding hydrogens is 264 g/mol. The van der Waals surface area contributed by atoms with Gasteiger partial charge < -0.3 is 17.3 Å². The number of pyridine rings is 1. The summed E-state index contributed by atoms with van der Waals surface area (Å²) in [5.74, 6) is 0. The Kier molecular flexibility index (Phi) is 4.61. The predicted octanol–water partition coefficient (Wildman–Crippen LogP) is -0.312. The highest BCUT2D eigenvalue weighted by molar-refractivity contribution is 7.09. The zero-order valence-corrected chi connectivity index (χ0v) is 11.8. The first-order chi connectivity index (χ1) is 8.42. The molecule has 0 aliphatic carbocycles. The Morgan fingerprint density at radius 1 is 1.11 bits per heavy atom. The maximum absolute atomic E-state index is 2.47. The molecule has 0 N–H and O–H groups in total. The van der Waals surface area contributed by atoms with Crippen molar-refractivity contribution >= 4 is 17.0 Å². The average molecular weight is 281 g/mol. The molecule has 1 aliphatic heterocycles. The fourth-order valence-electron chi connectivity index (χ4n) is 2.32. The van der Waals surface area contributed by atoms with Crippen molar-refractivity contribution < 1.29 is 17.0 Å². The first kappa shape index (κ1) is 13.4. The highest BCUT2D eigenvalue weighted by Gasteiger charge is 2.13. The lowest BCUT2D eigenvalue weighted by Crippen LogP contribution is -3.00. The number of thiophene rings is 1. The number of nitrogens with zero attached hydrogens (tertiary/aromatic N) is 2. The lowest BCUT2D eigenvalue weighted by atomic mass is 10.3. The van der Waals surface area contributed by atoms with Crippen LogP contribution in [0.15, 0.2) is 42.0 Å². The van der Waals surface area contributed by atoms with Crippen LogP contribution in [-0.4, -0.2) is 13.1 Å². The summed E-state index contributed by atoms with van der Waals surface area (Å²) in [5, 5.41) is 2.13. The van der Waals surface area contributed by atoms with Crippen molar-refractivity contribution in [2.75, 3.05) is 18.0 Å². The Hall–Kier alpha value is -1.06. The Labute approximate surface area is 118 Å². The average Bonchev–Trinajstić information content (AvgIpc) is 3.01. The molecule has 0 saturated carbocycles. The molecular formula is C14H17ClN2S. The summed E-state index contributed by atoms with van der Waals surface area (Å²) in [6, 6.07) is 8.77. The van der Waals surface area contributed by atoms with E-state index in [0.717, 1.165) is 6.54 Å². The second kappa shape index (κ2) is 6.21. The monoisotopic (exact) mass is 280 g/mol. The zero-order valence-electron chi connectivity index (χ0n) is 10.3. The van der Waals surface area contributed by atoms with Gasteiger partial charge in [-0.25, -0.2) is 0 Å². The van der Waals surface area contributed by atoms with Crippen LogP contribution in [0, 0.1) is 0 Å². The summed E-state index contributed by atoms with van der Waals surface area (Å²) < 4.78 is 2.24. The standard InChI is InChI=1S/C14H17N2S.ClH/c1-2-8-16(7-1)13-5-9-15(10-6-13)12-14-4-3-11-17-14;/h3-6,9-11H,1-2,7-8,12H2;1H/q+1;/p-1. The van der Waals surface area contributed by atoms with Gasteiger partial charge in [-0.1, -0.05) is 6.07 Å². The summed E-state index contributed by atoms with van der Waals surface area (Å²) >= 11 is 1.82. The smallest absolute Gasteiger partial charge is 0.182 e. The summed E-state index contributed by atoms with van der Waals surface area (Å²) in [5.41, 5.74) is 1.37. The molecule has 2 nitrogen and oxygen atoms in total. The Balaban J connectivity index is 0.00000120. The molecule has 0 aromatic carbocycles. The third-order valence-corrected chi connectivity index (χ3v) is 4.12. The SMILES string of the molecule is [Cl-].c1csc(C[n+]2ccc(N3CCCC3)cc2)c1. The van der Waals surface area contributed by atoms with Gasteiger partial charge in [0, 0.05) is 30.9 Å². The van der Waals surface area contributed by atoms with Gasteiger partial charge in [0.05, 0.1) is 4.88 Å². The van der Waals surface area contributed by atoms with Gasteiger partial charge in [-0.05, 0) is 24.3 Å². The van der Waals surface area contributed by atoms with E-state index in [1.807, 2.05) is 11.3 Å². The first-order valence-corrected chi connectivity index (χ1v) is 7.06. The number of aromatic nitrogens is 1. The number of rotatable bonds is 3. The normalized spacial score (nSPS) is 14.6. The quantitative estimate of drug-likeness (QED) is 0.700. The van der Waals surface area contributed by atoms with E-state index in [-0.39, 0.29) is 12.4 Å². The summed E-state index contributed by atoms with van der Waals surface area (Å²) in [4.78, 5) is 3.87. The molecule has 1 saturated heterocycles. The molecule has 0 spiro atoms. The largest absolute Gasteiger partial charge is 1.00 e. The van der Waals surface area contributed by atoms with Crippen molar-refractivity contribution in [1.82, 2.24) is 0 Å². The van der Waals surface area contributed by atoms with Gasteiger partial charge in [0.25, 0.3) is 0 Å². The fourth-order valence-corrected chi connectivity index (χ4v) is 3.04. The van der Waals surface area contributed by atoms with Crippen LogP contribution >= 0.6 is 11.3 Å². The minimum atomic E-state index is 0. The third-order valence-electron chi connectivity index (χ3n) is 3.26. The van der Waals surface area contributed by atoms with Gasteiger partial charge in [0.2, 0.25) is 0 Å². The molecule has 0 atom stereocenters. The topological polar surface area (TPSA) is 7.12 Å². The zero-order chi connectivity index (χ0) is 11.5. The molecule has 0 unspecified atom stereocenters. The molecule has 0 radical (unpaired) electrons. The van der Waals surface area contributed by atoms with E-state index in [1.54, 1.807) is 0 Å². The van der Waals surface area contributed by atoms with E-state index in [4.69, 9.17) is 0 Å². The van der Waals surface area contributed by atoms with Gasteiger partial charge in [0.15, 0.2) is 18.9 Å². The van der Waals surface area contributed by atoms with Gasteiger partial charge in [-0.15, -0.1) is 11.3 Å². The van der Waals surface area contributed by atoms with E-state index >= 15 is 0 Å². The Morgan fingerprint density at radius 2 is 1.83 bits per heavy atom. The van der Waals surface area contributed by atoms with Crippen LogP contribution in [0.3, 0.4) is 0 Å². The maximum atomic E-state index is 2.47. The van der Waals surface area contributed by atoms with Crippen LogP contribution in [-0.2, 0) is 6.54 Å². The molecule has 0 amide bonds. The Bertz CT molecular complexity index is 461. The molecule has 3 heterocycles. The van der Waals surface area contributed by atoms with Crippen LogP contribution < -0.4 is 21.9 Å². The lowest BCUT2D eigenvalue weighted by molar-refractivity contribution is -0.687. The van der Waals surface area contributed by atoms with Crippen LogP contribution in [0.4, 0.5) is 5.69 Å². The molecule has 1 fully saturated rings. The highest BCUT2D eigenvalue weighted by atomic mass is 35.5. The second-order valence-electron chi connectivity index (χ2n) is 4.50. The molecule has 96 valence electrons. The number of hydrogen-bond donors (Lipinski definition) is 0. The number of hydrogen-bond acceptors (Lipinski definition) is 2. The predicted molar refractivity (Wildman–Crippen MR) is 71.5 cm³/mol. The molecule has 2 aromatic heterocycles. The minimum Gasteiger partial charge on any atom is -1.00 e. The molecule has 1 aliphatic rings. The van der Waals surface area contributed by atoms with Crippen molar-refractivity contribution in [2.24, 2.45) is 0 Å². The van der Waals surface area contributed by atoms with Crippen molar-refractivity contribution in [2.45, 2.75) is 19.4 Å². The van der Waals surface area contributed by atoms with Crippen LogP contribution in [0.25, 0.3) is 0 Å². The van der Waals surface area contributed by atoms with E-state index in [2.05, 4.69) is 51.5 Å². The fraction of sp³-hybridized carbons (Fsp3) is 0.357. The minimum absolute atomic E-state index is 0. The van der Waals surface area contributed by atoms with Gasteiger partial charge in [-0.2, -0.15) is 4.57 Å². The number of halogens is 1. The van der Waals surface area contributed by atoms with Gasteiger partial charge in [0.1, 0.15) is 0 Å². The van der Waals surface area contributed by atoms with Crippen LogP contribution in [0.5, 0.6) is 0 Å². The maximum Gasteiger partial charge on any atom is 0.182 e. The molecule has 3 rings (SSSR count). The highest BCUT2D eigenvalue weighted by Crippen LogP contribution is 2.18. The second-order valence-corrected chi connectivity index (χ2v) is 5.53. The summed E-state index contributed by atoms with van der Waals surface area (Å²) in [7, 11) is 0. The summed E-state index contributed by atoms with van der Waals surface area (Å²) in [6.45, 7) is 3.42. The molecule has 0 bridgehead atoms. The van der Waals surface area contributed by atoms with Crippen LogP contribution in [0.2, 0.25) is 0 Å². The van der Waals surface area contributed by atoms with Gasteiger partial charge in [-0.3, -0.25) is 0 Å². The van der Waals surface area contributed by atoms with Crippen molar-refractivity contribution in [3.63, 3.8) is 0 Å². The van der Waals surface area contributed by atoms with Crippen molar-refractivity contribution in [3.8, 4) is 0 Å². The van der Waals surface area contributed by atoms with Crippen molar-refractivity contribution in [1.29, 1.82) is 0 Å². The van der Waals surface area contributed by atoms with Gasteiger partial charge >= 0.3 is 0 Å². The van der Waals surface area contributed by atoms with Crippen LogP contribution in [0.1, 0.15) is 17.7 Å². The first-order valence-electron chi connectivity index (χ1n) is 6.18.